The smallest absolute Gasteiger partial charge is 0.00980 e. The van der Waals surface area contributed by atoms with E-state index in [0.29, 0.717) is 0 Å². The molecule has 0 aromatic rings. The SMILES string of the molecule is CSCC(C)CNC1CCCCC1C1CCCCC1. The zero-order valence-corrected chi connectivity index (χ0v) is 13.8. The van der Waals surface area contributed by atoms with Gasteiger partial charge in [-0.1, -0.05) is 51.9 Å². The lowest BCUT2D eigenvalue weighted by molar-refractivity contribution is 0.148. The maximum absolute atomic E-state index is 3.94. The summed E-state index contributed by atoms with van der Waals surface area (Å²) in [4.78, 5) is 0. The summed E-state index contributed by atoms with van der Waals surface area (Å²) in [6.45, 7) is 3.62. The van der Waals surface area contributed by atoms with Crippen LogP contribution in [0.3, 0.4) is 0 Å². The zero-order valence-electron chi connectivity index (χ0n) is 13.0. The van der Waals surface area contributed by atoms with Crippen LogP contribution in [0.2, 0.25) is 0 Å². The number of thioether (sulfide) groups is 1. The van der Waals surface area contributed by atoms with Gasteiger partial charge >= 0.3 is 0 Å². The molecule has 0 heterocycles. The summed E-state index contributed by atoms with van der Waals surface area (Å²) in [7, 11) is 0. The fourth-order valence-corrected chi connectivity index (χ4v) is 4.92. The minimum atomic E-state index is 0.823. The highest BCUT2D eigenvalue weighted by Gasteiger charge is 2.32. The van der Waals surface area contributed by atoms with Crippen LogP contribution in [0.4, 0.5) is 0 Å². The second-order valence-corrected chi connectivity index (χ2v) is 7.83. The van der Waals surface area contributed by atoms with Gasteiger partial charge < -0.3 is 5.32 Å². The molecule has 1 N–H and O–H groups in total. The lowest BCUT2D eigenvalue weighted by atomic mass is 9.71. The lowest BCUT2D eigenvalue weighted by Gasteiger charge is -2.40. The second-order valence-electron chi connectivity index (χ2n) is 6.92. The molecule has 0 spiro atoms. The van der Waals surface area contributed by atoms with E-state index in [-0.39, 0.29) is 0 Å². The van der Waals surface area contributed by atoms with Gasteiger partial charge in [-0.2, -0.15) is 11.8 Å². The van der Waals surface area contributed by atoms with Crippen molar-refractivity contribution in [3.8, 4) is 0 Å². The highest BCUT2D eigenvalue weighted by atomic mass is 32.2. The molecule has 112 valence electrons. The minimum absolute atomic E-state index is 0.823. The molecule has 1 nitrogen and oxygen atoms in total. The summed E-state index contributed by atoms with van der Waals surface area (Å²) in [5, 5.41) is 3.94. The van der Waals surface area contributed by atoms with Crippen LogP contribution >= 0.6 is 11.8 Å². The first-order valence-corrected chi connectivity index (χ1v) is 9.93. The summed E-state index contributed by atoms with van der Waals surface area (Å²) in [6.07, 6.45) is 15.6. The molecule has 0 radical (unpaired) electrons. The van der Waals surface area contributed by atoms with Crippen LogP contribution in [0.25, 0.3) is 0 Å². The van der Waals surface area contributed by atoms with Gasteiger partial charge in [0.05, 0.1) is 0 Å². The van der Waals surface area contributed by atoms with Crippen LogP contribution in [0, 0.1) is 17.8 Å². The molecule has 3 atom stereocenters. The third-order valence-corrected chi connectivity index (χ3v) is 6.16. The Balaban J connectivity index is 1.81. The van der Waals surface area contributed by atoms with Crippen molar-refractivity contribution in [1.29, 1.82) is 0 Å². The van der Waals surface area contributed by atoms with Gasteiger partial charge in [-0.25, -0.2) is 0 Å². The molecule has 0 aromatic heterocycles. The van der Waals surface area contributed by atoms with E-state index >= 15 is 0 Å². The average molecular weight is 284 g/mol. The topological polar surface area (TPSA) is 12.0 Å². The Bertz CT molecular complexity index is 237. The van der Waals surface area contributed by atoms with Crippen LogP contribution in [0.15, 0.2) is 0 Å². The van der Waals surface area contributed by atoms with Crippen molar-refractivity contribution in [3.63, 3.8) is 0 Å². The number of hydrogen-bond acceptors (Lipinski definition) is 2. The van der Waals surface area contributed by atoms with Crippen LogP contribution in [-0.2, 0) is 0 Å². The molecule has 2 aliphatic rings. The number of hydrogen-bond donors (Lipinski definition) is 1. The van der Waals surface area contributed by atoms with Gasteiger partial charge in [0.2, 0.25) is 0 Å². The van der Waals surface area contributed by atoms with E-state index in [1.807, 2.05) is 11.8 Å². The first-order valence-electron chi connectivity index (χ1n) is 8.53. The molecule has 0 bridgehead atoms. The summed E-state index contributed by atoms with van der Waals surface area (Å²) < 4.78 is 0. The number of nitrogens with one attached hydrogen (secondary N) is 1. The van der Waals surface area contributed by atoms with Gasteiger partial charge in [-0.3, -0.25) is 0 Å². The highest BCUT2D eigenvalue weighted by molar-refractivity contribution is 7.98. The maximum Gasteiger partial charge on any atom is 0.00980 e. The van der Waals surface area contributed by atoms with Crippen LogP contribution < -0.4 is 5.32 Å². The van der Waals surface area contributed by atoms with E-state index in [4.69, 9.17) is 0 Å². The Hall–Kier alpha value is 0.310. The van der Waals surface area contributed by atoms with Crippen molar-refractivity contribution in [3.05, 3.63) is 0 Å². The molecule has 19 heavy (non-hydrogen) atoms. The molecule has 2 fully saturated rings. The molecule has 0 aromatic carbocycles. The van der Waals surface area contributed by atoms with Crippen molar-refractivity contribution in [2.45, 2.75) is 70.8 Å². The van der Waals surface area contributed by atoms with E-state index in [0.717, 1.165) is 23.8 Å². The van der Waals surface area contributed by atoms with Crippen LogP contribution in [0.5, 0.6) is 0 Å². The fourth-order valence-electron chi connectivity index (χ4n) is 4.24. The van der Waals surface area contributed by atoms with Crippen molar-refractivity contribution < 1.29 is 0 Å². The van der Waals surface area contributed by atoms with Crippen LogP contribution in [0.1, 0.15) is 64.7 Å². The molecule has 0 saturated heterocycles. The van der Waals surface area contributed by atoms with Gasteiger partial charge in [0.25, 0.3) is 0 Å². The van der Waals surface area contributed by atoms with E-state index in [9.17, 15) is 0 Å². The Morgan fingerprint density at radius 2 is 1.68 bits per heavy atom. The second kappa shape index (κ2) is 8.56. The summed E-state index contributed by atoms with van der Waals surface area (Å²) in [5.41, 5.74) is 0. The van der Waals surface area contributed by atoms with E-state index in [1.54, 1.807) is 0 Å². The monoisotopic (exact) mass is 283 g/mol. The quantitative estimate of drug-likeness (QED) is 0.757. The predicted octanol–water partition coefficient (Wildman–Crippen LogP) is 4.71. The molecule has 0 amide bonds. The minimum Gasteiger partial charge on any atom is -0.313 e. The van der Waals surface area contributed by atoms with E-state index in [2.05, 4.69) is 18.5 Å². The van der Waals surface area contributed by atoms with Crippen molar-refractivity contribution >= 4 is 11.8 Å². The van der Waals surface area contributed by atoms with Gasteiger partial charge in [0.1, 0.15) is 0 Å². The molecule has 2 aliphatic carbocycles. The van der Waals surface area contributed by atoms with Gasteiger partial charge in [-0.05, 0) is 49.1 Å². The molecule has 2 rings (SSSR count). The summed E-state index contributed by atoms with van der Waals surface area (Å²) in [5.74, 6) is 4.16. The molecule has 2 heteroatoms. The van der Waals surface area contributed by atoms with Crippen molar-refractivity contribution in [2.24, 2.45) is 17.8 Å². The first-order chi connectivity index (χ1) is 9.31. The summed E-state index contributed by atoms with van der Waals surface area (Å²) >= 11 is 1.99. The first kappa shape index (κ1) is 15.7. The molecule has 3 unspecified atom stereocenters. The van der Waals surface area contributed by atoms with Crippen molar-refractivity contribution in [1.82, 2.24) is 5.32 Å². The highest BCUT2D eigenvalue weighted by Crippen LogP contribution is 2.38. The van der Waals surface area contributed by atoms with Gasteiger partial charge in [-0.15, -0.1) is 0 Å². The van der Waals surface area contributed by atoms with Gasteiger partial charge in [0, 0.05) is 6.04 Å². The Morgan fingerprint density at radius 3 is 2.42 bits per heavy atom. The lowest BCUT2D eigenvalue weighted by Crippen LogP contribution is -2.44. The third kappa shape index (κ3) is 4.97. The summed E-state index contributed by atoms with van der Waals surface area (Å²) in [6, 6.07) is 0.834. The zero-order chi connectivity index (χ0) is 13.5. The Morgan fingerprint density at radius 1 is 1.00 bits per heavy atom. The molecule has 0 aliphatic heterocycles. The van der Waals surface area contributed by atoms with E-state index in [1.165, 1.54) is 70.1 Å². The van der Waals surface area contributed by atoms with Gasteiger partial charge in [0.15, 0.2) is 0 Å². The normalized spacial score (nSPS) is 31.3. The predicted molar refractivity (Wildman–Crippen MR) is 87.9 cm³/mol. The van der Waals surface area contributed by atoms with Crippen molar-refractivity contribution in [2.75, 3.05) is 18.6 Å². The fraction of sp³-hybridized carbons (Fsp3) is 1.00. The average Bonchev–Trinajstić information content (AvgIpc) is 2.47. The molecular weight excluding hydrogens is 250 g/mol. The van der Waals surface area contributed by atoms with Crippen LogP contribution in [-0.4, -0.2) is 24.6 Å². The standard InChI is InChI=1S/C17H33NS/c1-14(13-19-2)12-18-17-11-7-6-10-16(17)15-8-4-3-5-9-15/h14-18H,3-13H2,1-2H3. The Labute approximate surface area is 124 Å². The largest absolute Gasteiger partial charge is 0.313 e. The molecular formula is C17H33NS. The Kier molecular flexibility index (Phi) is 7.07. The maximum atomic E-state index is 3.94. The molecule has 2 saturated carbocycles. The number of rotatable bonds is 6. The third-order valence-electron chi connectivity index (χ3n) is 5.25. The van der Waals surface area contributed by atoms with E-state index < -0.39 is 0 Å².